The summed E-state index contributed by atoms with van der Waals surface area (Å²) in [5.41, 5.74) is 1.99. The van der Waals surface area contributed by atoms with Crippen molar-refractivity contribution in [2.24, 2.45) is 7.05 Å². The van der Waals surface area contributed by atoms with Crippen molar-refractivity contribution in [2.45, 2.75) is 6.54 Å². The lowest BCUT2D eigenvalue weighted by atomic mass is 10.2. The van der Waals surface area contributed by atoms with E-state index in [0.717, 1.165) is 39.3 Å². The molecule has 2 heterocycles. The summed E-state index contributed by atoms with van der Waals surface area (Å²) in [7, 11) is 1.81. The smallest absolute Gasteiger partial charge is 0.254 e. The Kier molecular flexibility index (Phi) is 5.61. The molecule has 3 rings (SSSR count). The Morgan fingerprint density at radius 2 is 1.83 bits per heavy atom. The number of piperazine rings is 1. The zero-order chi connectivity index (χ0) is 16.8. The Labute approximate surface area is 143 Å². The molecule has 128 valence electrons. The zero-order valence-electron chi connectivity index (χ0n) is 14.2. The van der Waals surface area contributed by atoms with Crippen LogP contribution in [0.1, 0.15) is 15.9 Å². The molecule has 1 amide bonds. The van der Waals surface area contributed by atoms with Crippen LogP contribution in [0, 0.1) is 0 Å². The molecule has 1 saturated heterocycles. The van der Waals surface area contributed by atoms with E-state index in [1.54, 1.807) is 17.1 Å². The maximum Gasteiger partial charge on any atom is 0.254 e. The van der Waals surface area contributed by atoms with Gasteiger partial charge in [0.2, 0.25) is 0 Å². The fraction of sp³-hybridized carbons (Fsp3) is 0.444. The fourth-order valence-corrected chi connectivity index (χ4v) is 2.98. The van der Waals surface area contributed by atoms with E-state index in [1.165, 1.54) is 5.56 Å². The Hall–Kier alpha value is -2.18. The van der Waals surface area contributed by atoms with Crippen LogP contribution >= 0.6 is 0 Å². The van der Waals surface area contributed by atoms with Gasteiger partial charge < -0.3 is 5.32 Å². The molecule has 0 spiro atoms. The van der Waals surface area contributed by atoms with Crippen LogP contribution in [-0.4, -0.2) is 64.8 Å². The lowest BCUT2D eigenvalue weighted by Crippen LogP contribution is -2.48. The molecule has 6 nitrogen and oxygen atoms in total. The van der Waals surface area contributed by atoms with Crippen molar-refractivity contribution in [3.63, 3.8) is 0 Å². The van der Waals surface area contributed by atoms with Crippen molar-refractivity contribution in [2.75, 3.05) is 39.3 Å². The average molecular weight is 327 g/mol. The molecule has 1 aliphatic heterocycles. The summed E-state index contributed by atoms with van der Waals surface area (Å²) in [6.07, 6.45) is 3.33. The van der Waals surface area contributed by atoms with E-state index >= 15 is 0 Å². The van der Waals surface area contributed by atoms with Crippen molar-refractivity contribution in [3.8, 4) is 0 Å². The Bertz CT molecular complexity index is 646. The van der Waals surface area contributed by atoms with E-state index < -0.39 is 0 Å². The number of hydrogen-bond donors (Lipinski definition) is 1. The average Bonchev–Trinajstić information content (AvgIpc) is 3.04. The molecule has 1 aromatic heterocycles. The van der Waals surface area contributed by atoms with Crippen LogP contribution in [0.4, 0.5) is 0 Å². The summed E-state index contributed by atoms with van der Waals surface area (Å²) in [4.78, 5) is 16.9. The van der Waals surface area contributed by atoms with Crippen molar-refractivity contribution in [1.82, 2.24) is 24.9 Å². The van der Waals surface area contributed by atoms with Gasteiger partial charge in [0.25, 0.3) is 5.91 Å². The van der Waals surface area contributed by atoms with Crippen LogP contribution in [-0.2, 0) is 13.6 Å². The lowest BCUT2D eigenvalue weighted by Gasteiger charge is -2.34. The molecule has 0 saturated carbocycles. The standard InChI is InChI=1S/C18H25N5O/c1-21-15-17(13-20-21)18(24)19-7-8-22-9-11-23(12-10-22)14-16-5-3-2-4-6-16/h2-6,13,15H,7-12,14H2,1H3,(H,19,24). The number of benzene rings is 1. The highest BCUT2D eigenvalue weighted by atomic mass is 16.1. The van der Waals surface area contributed by atoms with Crippen LogP contribution in [0.5, 0.6) is 0 Å². The maximum absolute atomic E-state index is 12.0. The van der Waals surface area contributed by atoms with E-state index in [2.05, 4.69) is 50.5 Å². The molecular weight excluding hydrogens is 302 g/mol. The Morgan fingerprint density at radius 3 is 2.50 bits per heavy atom. The third-order valence-corrected chi connectivity index (χ3v) is 4.39. The van der Waals surface area contributed by atoms with Gasteiger partial charge in [-0.25, -0.2) is 0 Å². The first kappa shape index (κ1) is 16.7. The molecule has 0 radical (unpaired) electrons. The molecule has 24 heavy (non-hydrogen) atoms. The fourth-order valence-electron chi connectivity index (χ4n) is 2.98. The predicted octanol–water partition coefficient (Wildman–Crippen LogP) is 0.968. The van der Waals surface area contributed by atoms with Crippen LogP contribution in [0.3, 0.4) is 0 Å². The molecule has 0 atom stereocenters. The van der Waals surface area contributed by atoms with Gasteiger partial charge in [0, 0.05) is 59.1 Å². The van der Waals surface area contributed by atoms with Gasteiger partial charge in [0.15, 0.2) is 0 Å². The van der Waals surface area contributed by atoms with Gasteiger partial charge in [-0.05, 0) is 5.56 Å². The SMILES string of the molecule is Cn1cc(C(=O)NCCN2CCN(Cc3ccccc3)CC2)cn1. The third-order valence-electron chi connectivity index (χ3n) is 4.39. The van der Waals surface area contributed by atoms with E-state index in [4.69, 9.17) is 0 Å². The Morgan fingerprint density at radius 1 is 1.12 bits per heavy atom. The first-order valence-corrected chi connectivity index (χ1v) is 8.46. The van der Waals surface area contributed by atoms with Gasteiger partial charge in [-0.2, -0.15) is 5.10 Å². The van der Waals surface area contributed by atoms with E-state index in [9.17, 15) is 4.79 Å². The molecule has 1 fully saturated rings. The molecule has 1 aromatic carbocycles. The number of aryl methyl sites for hydroxylation is 1. The number of carbonyl (C=O) groups excluding carboxylic acids is 1. The number of nitrogens with zero attached hydrogens (tertiary/aromatic N) is 4. The van der Waals surface area contributed by atoms with Crippen LogP contribution in [0.25, 0.3) is 0 Å². The lowest BCUT2D eigenvalue weighted by molar-refractivity contribution is 0.0934. The molecule has 0 bridgehead atoms. The molecule has 1 N–H and O–H groups in total. The van der Waals surface area contributed by atoms with Crippen molar-refractivity contribution in [3.05, 3.63) is 53.9 Å². The van der Waals surface area contributed by atoms with Crippen molar-refractivity contribution >= 4 is 5.91 Å². The molecule has 0 aliphatic carbocycles. The minimum atomic E-state index is -0.0502. The van der Waals surface area contributed by atoms with E-state index in [0.29, 0.717) is 12.1 Å². The van der Waals surface area contributed by atoms with Gasteiger partial charge in [-0.15, -0.1) is 0 Å². The molecule has 1 aliphatic rings. The normalized spacial score (nSPS) is 16.2. The van der Waals surface area contributed by atoms with Crippen molar-refractivity contribution < 1.29 is 4.79 Å². The zero-order valence-corrected chi connectivity index (χ0v) is 14.2. The second-order valence-corrected chi connectivity index (χ2v) is 6.26. The highest BCUT2D eigenvalue weighted by molar-refractivity contribution is 5.93. The monoisotopic (exact) mass is 327 g/mol. The highest BCUT2D eigenvalue weighted by Gasteiger charge is 2.17. The minimum Gasteiger partial charge on any atom is -0.351 e. The molecule has 2 aromatic rings. The number of nitrogens with one attached hydrogen (secondary N) is 1. The van der Waals surface area contributed by atoms with Gasteiger partial charge in [0.05, 0.1) is 11.8 Å². The summed E-state index contributed by atoms with van der Waals surface area (Å²) in [6.45, 7) is 6.84. The van der Waals surface area contributed by atoms with Crippen LogP contribution < -0.4 is 5.32 Å². The topological polar surface area (TPSA) is 53.4 Å². The van der Waals surface area contributed by atoms with E-state index in [-0.39, 0.29) is 5.91 Å². The third kappa shape index (κ3) is 4.66. The number of aromatic nitrogens is 2. The number of carbonyl (C=O) groups is 1. The van der Waals surface area contributed by atoms with Gasteiger partial charge in [-0.1, -0.05) is 30.3 Å². The predicted molar refractivity (Wildman–Crippen MR) is 93.7 cm³/mol. The van der Waals surface area contributed by atoms with Crippen LogP contribution in [0.15, 0.2) is 42.7 Å². The first-order valence-electron chi connectivity index (χ1n) is 8.46. The summed E-state index contributed by atoms with van der Waals surface area (Å²) in [6, 6.07) is 10.6. The molecular formula is C18H25N5O. The van der Waals surface area contributed by atoms with Crippen LogP contribution in [0.2, 0.25) is 0 Å². The minimum absolute atomic E-state index is 0.0502. The van der Waals surface area contributed by atoms with Crippen molar-refractivity contribution in [1.29, 1.82) is 0 Å². The second kappa shape index (κ2) is 8.08. The summed E-state index contributed by atoms with van der Waals surface area (Å²) in [5.74, 6) is -0.0502. The number of hydrogen-bond acceptors (Lipinski definition) is 4. The molecule has 0 unspecified atom stereocenters. The van der Waals surface area contributed by atoms with E-state index in [1.807, 2.05) is 7.05 Å². The summed E-state index contributed by atoms with van der Waals surface area (Å²) < 4.78 is 1.64. The molecule has 6 heteroatoms. The second-order valence-electron chi connectivity index (χ2n) is 6.26. The Balaban J connectivity index is 1.34. The first-order chi connectivity index (χ1) is 11.7. The van der Waals surface area contributed by atoms with Gasteiger partial charge in [0.1, 0.15) is 0 Å². The summed E-state index contributed by atoms with van der Waals surface area (Å²) >= 11 is 0. The maximum atomic E-state index is 12.0. The number of amides is 1. The largest absolute Gasteiger partial charge is 0.351 e. The summed E-state index contributed by atoms with van der Waals surface area (Å²) in [5, 5.41) is 6.98. The highest BCUT2D eigenvalue weighted by Crippen LogP contribution is 2.08. The number of rotatable bonds is 6. The quantitative estimate of drug-likeness (QED) is 0.859. The van der Waals surface area contributed by atoms with Gasteiger partial charge in [-0.3, -0.25) is 19.3 Å². The van der Waals surface area contributed by atoms with Gasteiger partial charge >= 0.3 is 0 Å².